The number of aromatic hydroxyl groups is 1. The predicted octanol–water partition coefficient (Wildman–Crippen LogP) is 1.46. The van der Waals surface area contributed by atoms with Crippen molar-refractivity contribution in [2.75, 3.05) is 19.6 Å². The maximum atomic E-state index is 14.6. The van der Waals surface area contributed by atoms with Gasteiger partial charge in [-0.3, -0.25) is 28.8 Å². The van der Waals surface area contributed by atoms with Gasteiger partial charge in [-0.05, 0) is 89.0 Å². The normalized spacial score (nSPS) is 27.5. The van der Waals surface area contributed by atoms with Gasteiger partial charge in [0, 0.05) is 26.1 Å². The van der Waals surface area contributed by atoms with E-state index in [-0.39, 0.29) is 25.3 Å². The molecular formula is C39H54N6O9. The number of piperidine rings is 1. The van der Waals surface area contributed by atoms with E-state index in [1.54, 1.807) is 25.1 Å². The van der Waals surface area contributed by atoms with Crippen LogP contribution in [0.4, 0.5) is 0 Å². The highest BCUT2D eigenvalue weighted by atomic mass is 16.5. The van der Waals surface area contributed by atoms with Gasteiger partial charge in [-0.15, -0.1) is 0 Å². The summed E-state index contributed by atoms with van der Waals surface area (Å²) in [5.41, 5.74) is 0.541. The van der Waals surface area contributed by atoms with Crippen LogP contribution in [0.2, 0.25) is 0 Å². The summed E-state index contributed by atoms with van der Waals surface area (Å²) in [4.78, 5) is 101. The highest BCUT2D eigenvalue weighted by Gasteiger charge is 2.46. The van der Waals surface area contributed by atoms with E-state index in [4.69, 9.17) is 4.74 Å². The zero-order chi connectivity index (χ0) is 38.9. The second-order valence-electron chi connectivity index (χ2n) is 14.8. The Labute approximate surface area is 316 Å². The molecule has 15 nitrogen and oxygen atoms in total. The Kier molecular flexibility index (Phi) is 13.7. The lowest BCUT2D eigenvalue weighted by molar-refractivity contribution is -0.163. The number of amides is 6. The van der Waals surface area contributed by atoms with Crippen molar-refractivity contribution in [1.29, 1.82) is 0 Å². The van der Waals surface area contributed by atoms with Gasteiger partial charge < -0.3 is 40.5 Å². The number of benzene rings is 1. The van der Waals surface area contributed by atoms with Gasteiger partial charge in [0.2, 0.25) is 35.4 Å². The Balaban J connectivity index is 1.48. The van der Waals surface area contributed by atoms with Crippen LogP contribution < -0.4 is 16.0 Å². The average molecular weight is 751 g/mol. The van der Waals surface area contributed by atoms with Gasteiger partial charge >= 0.3 is 5.97 Å². The number of carbonyl (C=O) groups excluding carboxylic acids is 7. The van der Waals surface area contributed by atoms with Crippen LogP contribution in [0, 0.1) is 0 Å². The fraction of sp³-hybridized carbons (Fsp3) is 0.615. The molecule has 0 aromatic heterocycles. The van der Waals surface area contributed by atoms with Crippen LogP contribution in [-0.4, -0.2) is 123 Å². The second-order valence-corrected chi connectivity index (χ2v) is 14.8. The van der Waals surface area contributed by atoms with E-state index in [1.165, 1.54) is 39.8 Å². The summed E-state index contributed by atoms with van der Waals surface area (Å²) in [6, 6.07) is -0.138. The first-order chi connectivity index (χ1) is 25.9. The molecule has 6 amide bonds. The first-order valence-corrected chi connectivity index (χ1v) is 19.4. The summed E-state index contributed by atoms with van der Waals surface area (Å²) < 4.78 is 5.88. The van der Waals surface area contributed by atoms with Gasteiger partial charge in [-0.2, -0.15) is 0 Å². The maximum absolute atomic E-state index is 14.6. The largest absolute Gasteiger partial charge is 0.508 e. The minimum atomic E-state index is -1.48. The molecule has 1 aromatic rings. The topological polar surface area (TPSA) is 195 Å². The van der Waals surface area contributed by atoms with Crippen molar-refractivity contribution in [3.8, 4) is 5.75 Å². The highest BCUT2D eigenvalue weighted by Crippen LogP contribution is 2.27. The number of phenolic OH excluding ortho intramolecular Hbond substituents is 1. The van der Waals surface area contributed by atoms with E-state index < -0.39 is 83.8 Å². The maximum Gasteiger partial charge on any atom is 0.329 e. The quantitative estimate of drug-likeness (QED) is 0.164. The molecule has 15 heteroatoms. The molecule has 4 heterocycles. The van der Waals surface area contributed by atoms with Crippen LogP contribution in [-0.2, 0) is 44.7 Å². The third-order valence-electron chi connectivity index (χ3n) is 10.8. The fourth-order valence-electron chi connectivity index (χ4n) is 7.84. The van der Waals surface area contributed by atoms with Crippen molar-refractivity contribution < 1.29 is 43.4 Å². The first kappa shape index (κ1) is 40.2. The van der Waals surface area contributed by atoms with Crippen LogP contribution >= 0.6 is 0 Å². The van der Waals surface area contributed by atoms with Crippen molar-refractivity contribution in [3.63, 3.8) is 0 Å². The van der Waals surface area contributed by atoms with Gasteiger partial charge in [0.25, 0.3) is 0 Å². The van der Waals surface area contributed by atoms with Crippen molar-refractivity contribution in [2.24, 2.45) is 0 Å². The van der Waals surface area contributed by atoms with Crippen LogP contribution in [0.5, 0.6) is 5.75 Å². The monoisotopic (exact) mass is 750 g/mol. The number of unbranched alkanes of at least 4 members (excludes halogenated alkanes) is 2. The number of fused-ring (bicyclic) bond motifs is 3. The zero-order valence-corrected chi connectivity index (χ0v) is 31.5. The van der Waals surface area contributed by atoms with E-state index in [0.717, 1.165) is 12.8 Å². The van der Waals surface area contributed by atoms with Crippen molar-refractivity contribution in [1.82, 2.24) is 30.7 Å². The molecule has 4 aliphatic rings. The van der Waals surface area contributed by atoms with E-state index >= 15 is 0 Å². The smallest absolute Gasteiger partial charge is 0.329 e. The number of rotatable bonds is 9. The van der Waals surface area contributed by atoms with Crippen LogP contribution in [0.1, 0.15) is 90.5 Å². The predicted molar refractivity (Wildman–Crippen MR) is 196 cm³/mol. The number of cyclic esters (lactones) is 1. The van der Waals surface area contributed by atoms with E-state index in [1.807, 2.05) is 6.92 Å². The number of ether oxygens (including phenoxy) is 1. The lowest BCUT2D eigenvalue weighted by Crippen LogP contribution is -2.63. The summed E-state index contributed by atoms with van der Waals surface area (Å²) in [5, 5.41) is 18.3. The third kappa shape index (κ3) is 9.58. The van der Waals surface area contributed by atoms with Crippen molar-refractivity contribution in [2.45, 2.75) is 134 Å². The number of hydrogen-bond donors (Lipinski definition) is 4. The SMILES string of the molecule is CCCCC=CC(=O)NC(Cc1cccc(O)c1)C(=O)NC1C(=O)N2CCCC2C(=O)N2CCCCC2C(=O)NC(C)C(=O)N2CCCC2C(=O)OC1C. The molecule has 4 saturated heterocycles. The molecule has 0 saturated carbocycles. The molecule has 5 rings (SSSR count). The Morgan fingerprint density at radius 1 is 0.907 bits per heavy atom. The Bertz CT molecular complexity index is 1620. The lowest BCUT2D eigenvalue weighted by atomic mass is 9.99. The van der Waals surface area contributed by atoms with Gasteiger partial charge in [-0.25, -0.2) is 4.79 Å². The molecule has 0 spiro atoms. The molecule has 7 atom stereocenters. The van der Waals surface area contributed by atoms with Crippen LogP contribution in [0.25, 0.3) is 0 Å². The van der Waals surface area contributed by atoms with Gasteiger partial charge in [-0.1, -0.05) is 38.0 Å². The Morgan fingerprint density at radius 3 is 2.30 bits per heavy atom. The number of allylic oxidation sites excluding steroid dienone is 1. The minimum Gasteiger partial charge on any atom is -0.508 e. The fourth-order valence-corrected chi connectivity index (χ4v) is 7.84. The molecule has 7 unspecified atom stereocenters. The Hall–Kier alpha value is -4.95. The number of hydrogen-bond acceptors (Lipinski definition) is 9. The minimum absolute atomic E-state index is 0.0299. The van der Waals surface area contributed by atoms with Gasteiger partial charge in [0.05, 0.1) is 0 Å². The summed E-state index contributed by atoms with van der Waals surface area (Å²) in [5.74, 6) is -4.05. The summed E-state index contributed by atoms with van der Waals surface area (Å²) in [6.45, 7) is 5.83. The molecule has 0 bridgehead atoms. The third-order valence-corrected chi connectivity index (χ3v) is 10.8. The number of nitrogens with zero attached hydrogens (tertiary/aromatic N) is 3. The highest BCUT2D eigenvalue weighted by molar-refractivity contribution is 5.98. The van der Waals surface area contributed by atoms with Gasteiger partial charge in [0.1, 0.15) is 48.1 Å². The van der Waals surface area contributed by atoms with Gasteiger partial charge in [0.15, 0.2) is 0 Å². The van der Waals surface area contributed by atoms with Crippen molar-refractivity contribution >= 4 is 41.4 Å². The summed E-state index contributed by atoms with van der Waals surface area (Å²) in [6.07, 6.45) is 7.71. The standard InChI is InChI=1S/C39H54N6O9/c1-4-5-6-7-18-32(47)41-28(23-26-13-10-14-27(46)22-26)34(48)42-33-25(3)54-39(53)31-17-12-21-45(31)36(50)24(2)40-35(49)29-15-8-9-19-43(29)37(51)30-16-11-20-44(30)38(33)52/h7,10,13-14,18,22,24-25,28-31,33,46H,4-6,8-9,11-12,15-17,19-21,23H2,1-3H3,(H,40,49)(H,41,47)(H,42,48). The molecular weight excluding hydrogens is 696 g/mol. The van der Waals surface area contributed by atoms with Crippen LogP contribution in [0.15, 0.2) is 36.4 Å². The number of esters is 1. The molecule has 1 aromatic carbocycles. The van der Waals surface area contributed by atoms with Crippen molar-refractivity contribution in [3.05, 3.63) is 42.0 Å². The molecule has 0 radical (unpaired) electrons. The summed E-state index contributed by atoms with van der Waals surface area (Å²) in [7, 11) is 0. The average Bonchev–Trinajstić information content (AvgIpc) is 3.85. The number of phenols is 1. The molecule has 54 heavy (non-hydrogen) atoms. The van der Waals surface area contributed by atoms with E-state index in [2.05, 4.69) is 16.0 Å². The number of carbonyl (C=O) groups is 7. The lowest BCUT2D eigenvalue weighted by Gasteiger charge is -2.39. The number of nitrogens with one attached hydrogen (secondary N) is 3. The molecule has 4 aliphatic heterocycles. The van der Waals surface area contributed by atoms with Crippen LogP contribution in [0.3, 0.4) is 0 Å². The zero-order valence-electron chi connectivity index (χ0n) is 31.5. The van der Waals surface area contributed by atoms with E-state index in [0.29, 0.717) is 63.5 Å². The second kappa shape index (κ2) is 18.4. The molecule has 0 aliphatic carbocycles. The van der Waals surface area contributed by atoms with E-state index in [9.17, 15) is 38.7 Å². The molecule has 4 N–H and O–H groups in total. The Morgan fingerprint density at radius 2 is 1.57 bits per heavy atom. The summed E-state index contributed by atoms with van der Waals surface area (Å²) >= 11 is 0. The first-order valence-electron chi connectivity index (χ1n) is 19.4. The molecule has 294 valence electrons. The molecule has 4 fully saturated rings.